The van der Waals surface area contributed by atoms with E-state index in [0.29, 0.717) is 23.7 Å². The van der Waals surface area contributed by atoms with Gasteiger partial charge in [0.15, 0.2) is 6.61 Å². The smallest absolute Gasteiger partial charge is 0.261 e. The maximum atomic E-state index is 13.6. The third-order valence-corrected chi connectivity index (χ3v) is 6.81. The number of nitrogens with one attached hydrogen (secondary N) is 1. The van der Waals surface area contributed by atoms with Crippen LogP contribution < -0.4 is 10.1 Å². The summed E-state index contributed by atoms with van der Waals surface area (Å²) in [5, 5.41) is 3.59. The third kappa shape index (κ3) is 8.38. The summed E-state index contributed by atoms with van der Waals surface area (Å²) in [6.45, 7) is 6.60. The Balaban J connectivity index is 1.90. The number of hydrogen-bond acceptors (Lipinski definition) is 3. The highest BCUT2D eigenvalue weighted by molar-refractivity contribution is 9.10. The van der Waals surface area contributed by atoms with Crippen molar-refractivity contribution in [3.63, 3.8) is 0 Å². The van der Waals surface area contributed by atoms with Crippen molar-refractivity contribution in [3.8, 4) is 5.75 Å². The number of benzene rings is 3. The van der Waals surface area contributed by atoms with Gasteiger partial charge < -0.3 is 15.0 Å². The topological polar surface area (TPSA) is 58.6 Å². The lowest BCUT2D eigenvalue weighted by Crippen LogP contribution is -2.52. The molecule has 3 aromatic rings. The summed E-state index contributed by atoms with van der Waals surface area (Å²) in [5.41, 5.74) is 2.81. The third-order valence-electron chi connectivity index (χ3n) is 5.69. The van der Waals surface area contributed by atoms with Gasteiger partial charge in [-0.2, -0.15) is 0 Å². The van der Waals surface area contributed by atoms with Crippen LogP contribution in [-0.4, -0.2) is 35.9 Å². The molecule has 5 nitrogen and oxygen atoms in total. The first kappa shape index (κ1) is 27.8. The first-order valence-corrected chi connectivity index (χ1v) is 13.1. The fraction of sp³-hybridized carbons (Fsp3) is 0.310. The van der Waals surface area contributed by atoms with Crippen LogP contribution in [0.1, 0.15) is 30.5 Å². The zero-order valence-corrected chi connectivity index (χ0v) is 23.2. The summed E-state index contributed by atoms with van der Waals surface area (Å²) in [7, 11) is 0. The van der Waals surface area contributed by atoms with E-state index in [-0.39, 0.29) is 30.9 Å². The van der Waals surface area contributed by atoms with E-state index >= 15 is 0 Å². The van der Waals surface area contributed by atoms with Gasteiger partial charge in [0.1, 0.15) is 11.8 Å². The Morgan fingerprint density at radius 2 is 1.72 bits per heavy atom. The van der Waals surface area contributed by atoms with Crippen molar-refractivity contribution in [2.75, 3.05) is 13.2 Å². The van der Waals surface area contributed by atoms with Gasteiger partial charge in [0, 0.05) is 29.0 Å². The van der Waals surface area contributed by atoms with Crippen LogP contribution in [0.25, 0.3) is 0 Å². The van der Waals surface area contributed by atoms with Crippen LogP contribution in [0.3, 0.4) is 0 Å². The van der Waals surface area contributed by atoms with Gasteiger partial charge in [0.05, 0.1) is 0 Å². The fourth-order valence-corrected chi connectivity index (χ4v) is 4.20. The molecule has 0 heterocycles. The summed E-state index contributed by atoms with van der Waals surface area (Å²) < 4.78 is 6.82. The molecule has 0 fully saturated rings. The summed E-state index contributed by atoms with van der Waals surface area (Å²) in [4.78, 5) is 28.6. The van der Waals surface area contributed by atoms with Gasteiger partial charge in [-0.25, -0.2) is 0 Å². The fourth-order valence-electron chi connectivity index (χ4n) is 3.74. The molecule has 36 heavy (non-hydrogen) atoms. The van der Waals surface area contributed by atoms with Crippen LogP contribution in [0.2, 0.25) is 5.02 Å². The molecule has 1 atom stereocenters. The van der Waals surface area contributed by atoms with Crippen LogP contribution in [0.5, 0.6) is 5.75 Å². The van der Waals surface area contributed by atoms with E-state index in [0.717, 1.165) is 21.2 Å². The number of aryl methyl sites for hydroxylation is 1. The minimum Gasteiger partial charge on any atom is -0.484 e. The maximum absolute atomic E-state index is 13.6. The second-order valence-electron chi connectivity index (χ2n) is 9.20. The van der Waals surface area contributed by atoms with Crippen LogP contribution >= 0.6 is 27.5 Å². The maximum Gasteiger partial charge on any atom is 0.261 e. The summed E-state index contributed by atoms with van der Waals surface area (Å²) in [6, 6.07) is 21.9. The molecule has 7 heteroatoms. The van der Waals surface area contributed by atoms with Crippen LogP contribution in [-0.2, 0) is 22.6 Å². The van der Waals surface area contributed by atoms with Crippen molar-refractivity contribution < 1.29 is 14.3 Å². The van der Waals surface area contributed by atoms with Gasteiger partial charge in [-0.3, -0.25) is 9.59 Å². The molecule has 0 aromatic heterocycles. The van der Waals surface area contributed by atoms with Crippen molar-refractivity contribution in [3.05, 3.63) is 99.0 Å². The Morgan fingerprint density at radius 3 is 2.39 bits per heavy atom. The van der Waals surface area contributed by atoms with Crippen LogP contribution in [0.4, 0.5) is 0 Å². The Kier molecular flexibility index (Phi) is 10.4. The van der Waals surface area contributed by atoms with Crippen molar-refractivity contribution in [1.29, 1.82) is 0 Å². The SMILES string of the molecule is Cc1cc(OCC(=O)N(Cc2cccc(Cl)c2)C(Cc2ccccc2)C(=O)NCC(C)C)ccc1Br. The molecule has 0 saturated carbocycles. The number of amides is 2. The molecule has 2 amide bonds. The number of carbonyl (C=O) groups is 2. The van der Waals surface area contributed by atoms with Crippen molar-refractivity contribution >= 4 is 39.3 Å². The molecule has 3 rings (SSSR count). The Bertz CT molecular complexity index is 1170. The first-order valence-electron chi connectivity index (χ1n) is 12.0. The predicted molar refractivity (Wildman–Crippen MR) is 148 cm³/mol. The average Bonchev–Trinajstić information content (AvgIpc) is 2.86. The summed E-state index contributed by atoms with van der Waals surface area (Å²) in [6.07, 6.45) is 0.383. The Labute approximate surface area is 226 Å². The minimum absolute atomic E-state index is 0.190. The quantitative estimate of drug-likeness (QED) is 0.298. The molecule has 1 N–H and O–H groups in total. The van der Waals surface area contributed by atoms with Crippen molar-refractivity contribution in [1.82, 2.24) is 10.2 Å². The summed E-state index contributed by atoms with van der Waals surface area (Å²) >= 11 is 9.70. The number of hydrogen-bond donors (Lipinski definition) is 1. The zero-order valence-electron chi connectivity index (χ0n) is 20.8. The molecule has 3 aromatic carbocycles. The lowest BCUT2D eigenvalue weighted by atomic mass is 10.0. The van der Waals surface area contributed by atoms with Gasteiger partial charge >= 0.3 is 0 Å². The van der Waals surface area contributed by atoms with E-state index in [4.69, 9.17) is 16.3 Å². The molecule has 0 aliphatic heterocycles. The van der Waals surface area contributed by atoms with Gasteiger partial charge in [-0.05, 0) is 59.9 Å². The van der Waals surface area contributed by atoms with Crippen LogP contribution in [0, 0.1) is 12.8 Å². The first-order chi connectivity index (χ1) is 17.2. The molecule has 0 aliphatic rings. The van der Waals surface area contributed by atoms with Gasteiger partial charge in [0.25, 0.3) is 5.91 Å². The number of halogens is 2. The summed E-state index contributed by atoms with van der Waals surface area (Å²) in [5.74, 6) is 0.404. The molecule has 0 saturated heterocycles. The normalized spacial score (nSPS) is 11.7. The van der Waals surface area contributed by atoms with E-state index in [1.165, 1.54) is 0 Å². The van der Waals surface area contributed by atoms with E-state index < -0.39 is 6.04 Å². The Hall–Kier alpha value is -2.83. The van der Waals surface area contributed by atoms with Crippen LogP contribution in [0.15, 0.2) is 77.3 Å². The standard InChI is InChI=1S/C29H32BrClN2O3/c1-20(2)17-32-29(35)27(16-22-8-5-4-6-9-22)33(18-23-10-7-11-24(31)15-23)28(34)19-36-25-12-13-26(30)21(3)14-25/h4-15,20,27H,16-19H2,1-3H3,(H,32,35). The lowest BCUT2D eigenvalue weighted by Gasteiger charge is -2.31. The van der Waals surface area contributed by atoms with Gasteiger partial charge in [0.2, 0.25) is 5.91 Å². The number of ether oxygens (including phenoxy) is 1. The molecular weight excluding hydrogens is 540 g/mol. The highest BCUT2D eigenvalue weighted by Gasteiger charge is 2.30. The van der Waals surface area contributed by atoms with E-state index in [9.17, 15) is 9.59 Å². The highest BCUT2D eigenvalue weighted by atomic mass is 79.9. The molecule has 0 bridgehead atoms. The highest BCUT2D eigenvalue weighted by Crippen LogP contribution is 2.22. The van der Waals surface area contributed by atoms with Gasteiger partial charge in [-0.15, -0.1) is 0 Å². The predicted octanol–water partition coefficient (Wildman–Crippen LogP) is 6.20. The van der Waals surface area contributed by atoms with Crippen molar-refractivity contribution in [2.45, 2.75) is 39.8 Å². The lowest BCUT2D eigenvalue weighted by molar-refractivity contribution is -0.142. The van der Waals surface area contributed by atoms with E-state index in [1.54, 1.807) is 11.0 Å². The van der Waals surface area contributed by atoms with E-state index in [1.807, 2.05) is 87.5 Å². The molecule has 0 aliphatic carbocycles. The molecular formula is C29H32BrClN2O3. The molecule has 190 valence electrons. The van der Waals surface area contributed by atoms with Crippen molar-refractivity contribution in [2.24, 2.45) is 5.92 Å². The molecule has 0 spiro atoms. The second-order valence-corrected chi connectivity index (χ2v) is 10.5. The second kappa shape index (κ2) is 13.5. The molecule has 0 radical (unpaired) electrons. The Morgan fingerprint density at radius 1 is 1.00 bits per heavy atom. The average molecular weight is 572 g/mol. The monoisotopic (exact) mass is 570 g/mol. The minimum atomic E-state index is -0.715. The zero-order chi connectivity index (χ0) is 26.1. The number of carbonyl (C=O) groups excluding carboxylic acids is 2. The number of nitrogens with zero attached hydrogens (tertiary/aromatic N) is 1. The van der Waals surface area contributed by atoms with E-state index in [2.05, 4.69) is 21.2 Å². The molecule has 1 unspecified atom stereocenters. The number of rotatable bonds is 11. The van der Waals surface area contributed by atoms with Gasteiger partial charge in [-0.1, -0.05) is 83.8 Å². The largest absolute Gasteiger partial charge is 0.484 e.